The molecule has 6 rings (SSSR count). The van der Waals surface area contributed by atoms with Gasteiger partial charge in [0.1, 0.15) is 0 Å². The number of nitrogens with zero attached hydrogens (tertiary/aromatic N) is 2. The van der Waals surface area contributed by atoms with E-state index in [-0.39, 0.29) is 5.41 Å². The Labute approximate surface area is 182 Å². The number of benzene rings is 2. The van der Waals surface area contributed by atoms with Crippen LogP contribution in [0, 0.1) is 0 Å². The smallest absolute Gasteiger partial charge is 0.0935 e. The van der Waals surface area contributed by atoms with Crippen LogP contribution in [0.5, 0.6) is 0 Å². The Morgan fingerprint density at radius 1 is 1.00 bits per heavy atom. The highest BCUT2D eigenvalue weighted by Crippen LogP contribution is 2.60. The molecule has 0 radical (unpaired) electrons. The van der Waals surface area contributed by atoms with Crippen LogP contribution in [0.2, 0.25) is 5.02 Å². The van der Waals surface area contributed by atoms with Crippen molar-refractivity contribution in [3.8, 4) is 0 Å². The van der Waals surface area contributed by atoms with Crippen molar-refractivity contribution in [2.45, 2.75) is 36.2 Å². The monoisotopic (exact) mass is 416 g/mol. The second-order valence-electron chi connectivity index (χ2n) is 9.21. The van der Waals surface area contributed by atoms with Crippen molar-refractivity contribution >= 4 is 11.6 Å². The van der Waals surface area contributed by atoms with E-state index in [1.54, 1.807) is 12.4 Å². The lowest BCUT2D eigenvalue weighted by atomic mass is 9.74. The van der Waals surface area contributed by atoms with Gasteiger partial charge in [0.2, 0.25) is 0 Å². The molecule has 152 valence electrons. The molecule has 0 spiro atoms. The maximum absolute atomic E-state index is 11.2. The van der Waals surface area contributed by atoms with Crippen LogP contribution in [0.25, 0.3) is 0 Å². The molecule has 1 aliphatic heterocycles. The number of aliphatic hydroxyl groups is 1. The quantitative estimate of drug-likeness (QED) is 0.662. The third kappa shape index (κ3) is 2.62. The maximum atomic E-state index is 11.2. The fourth-order valence-corrected chi connectivity index (χ4v) is 6.38. The topological polar surface area (TPSA) is 36.4 Å². The van der Waals surface area contributed by atoms with Crippen molar-refractivity contribution in [3.05, 3.63) is 99.8 Å². The second kappa shape index (κ2) is 6.65. The van der Waals surface area contributed by atoms with Gasteiger partial charge in [-0.15, -0.1) is 0 Å². The van der Waals surface area contributed by atoms with Gasteiger partial charge in [-0.25, -0.2) is 0 Å². The highest BCUT2D eigenvalue weighted by atomic mass is 35.5. The van der Waals surface area contributed by atoms with Gasteiger partial charge in [0.05, 0.1) is 5.60 Å². The minimum absolute atomic E-state index is 0.00521. The van der Waals surface area contributed by atoms with Crippen LogP contribution in [-0.4, -0.2) is 34.6 Å². The lowest BCUT2D eigenvalue weighted by Gasteiger charge is -2.42. The maximum Gasteiger partial charge on any atom is 0.0935 e. The van der Waals surface area contributed by atoms with Crippen molar-refractivity contribution in [3.63, 3.8) is 0 Å². The minimum Gasteiger partial charge on any atom is -0.385 e. The molecule has 2 bridgehead atoms. The van der Waals surface area contributed by atoms with Gasteiger partial charge < -0.3 is 10.0 Å². The van der Waals surface area contributed by atoms with E-state index in [2.05, 4.69) is 46.3 Å². The molecule has 2 atom stereocenters. The van der Waals surface area contributed by atoms with Crippen LogP contribution in [-0.2, 0) is 11.0 Å². The standard InChI is InChI=1S/C26H25ClN2O/c27-19-7-8-21-22-15-25(24(21)14-19,23-6-2-1-5-20(22)23)17-29-12-9-26(30,10-13-29)18-4-3-11-28-16-18/h1-8,11,14,16,22,30H,9-10,12-13,15,17H2. The first kappa shape index (κ1) is 18.6. The van der Waals surface area contributed by atoms with E-state index >= 15 is 0 Å². The summed E-state index contributed by atoms with van der Waals surface area (Å²) in [6.07, 6.45) is 6.18. The average Bonchev–Trinajstić information content (AvgIpc) is 3.28. The number of rotatable bonds is 3. The Morgan fingerprint density at radius 2 is 1.80 bits per heavy atom. The molecule has 1 saturated heterocycles. The van der Waals surface area contributed by atoms with Gasteiger partial charge in [-0.3, -0.25) is 4.98 Å². The normalized spacial score (nSPS) is 26.4. The van der Waals surface area contributed by atoms with E-state index in [4.69, 9.17) is 11.6 Å². The molecule has 2 aromatic carbocycles. The molecule has 2 heterocycles. The van der Waals surface area contributed by atoms with Crippen LogP contribution in [0.4, 0.5) is 0 Å². The Hall–Kier alpha value is -2.20. The van der Waals surface area contributed by atoms with Crippen molar-refractivity contribution in [2.24, 2.45) is 0 Å². The zero-order valence-corrected chi connectivity index (χ0v) is 17.6. The Balaban J connectivity index is 1.31. The Morgan fingerprint density at radius 3 is 2.60 bits per heavy atom. The molecule has 2 aliphatic carbocycles. The number of hydrogen-bond acceptors (Lipinski definition) is 3. The first-order chi connectivity index (χ1) is 14.6. The number of fused-ring (bicyclic) bond motifs is 8. The summed E-state index contributed by atoms with van der Waals surface area (Å²) in [6.45, 7) is 2.75. The van der Waals surface area contributed by atoms with Gasteiger partial charge in [-0.2, -0.15) is 0 Å². The number of hydrogen-bond donors (Lipinski definition) is 1. The summed E-state index contributed by atoms with van der Waals surface area (Å²) in [5.74, 6) is 0.477. The van der Waals surface area contributed by atoms with E-state index in [0.717, 1.165) is 49.5 Å². The molecule has 30 heavy (non-hydrogen) atoms. The summed E-state index contributed by atoms with van der Waals surface area (Å²) in [5.41, 5.74) is 5.98. The van der Waals surface area contributed by atoms with Gasteiger partial charge in [-0.05, 0) is 59.7 Å². The van der Waals surface area contributed by atoms with Crippen LogP contribution >= 0.6 is 11.6 Å². The highest BCUT2D eigenvalue weighted by Gasteiger charge is 2.53. The zero-order valence-electron chi connectivity index (χ0n) is 16.9. The number of aromatic nitrogens is 1. The molecular weight excluding hydrogens is 392 g/mol. The van der Waals surface area contributed by atoms with Crippen molar-refractivity contribution in [1.29, 1.82) is 0 Å². The zero-order chi connectivity index (χ0) is 20.3. The molecule has 3 aromatic rings. The highest BCUT2D eigenvalue weighted by molar-refractivity contribution is 6.30. The van der Waals surface area contributed by atoms with Gasteiger partial charge in [0.15, 0.2) is 0 Å². The van der Waals surface area contributed by atoms with Crippen molar-refractivity contribution in [2.75, 3.05) is 19.6 Å². The van der Waals surface area contributed by atoms with Gasteiger partial charge in [0.25, 0.3) is 0 Å². The summed E-state index contributed by atoms with van der Waals surface area (Å²) >= 11 is 6.44. The largest absolute Gasteiger partial charge is 0.385 e. The summed E-state index contributed by atoms with van der Waals surface area (Å²) in [5, 5.41) is 12.0. The van der Waals surface area contributed by atoms with Gasteiger partial charge in [0, 0.05) is 53.9 Å². The van der Waals surface area contributed by atoms with Crippen LogP contribution in [0.3, 0.4) is 0 Å². The van der Waals surface area contributed by atoms with Gasteiger partial charge >= 0.3 is 0 Å². The lowest BCUT2D eigenvalue weighted by Crippen LogP contribution is -2.47. The number of piperidine rings is 1. The van der Waals surface area contributed by atoms with Crippen molar-refractivity contribution in [1.82, 2.24) is 9.88 Å². The molecule has 0 amide bonds. The number of pyridine rings is 1. The Bertz CT molecular complexity index is 1110. The predicted molar refractivity (Wildman–Crippen MR) is 119 cm³/mol. The third-order valence-electron chi connectivity index (χ3n) is 7.69. The molecule has 3 aliphatic rings. The number of likely N-dealkylation sites (tertiary alicyclic amines) is 1. The molecule has 0 saturated carbocycles. The van der Waals surface area contributed by atoms with E-state index in [1.807, 2.05) is 18.2 Å². The SMILES string of the molecule is OC1(c2cccnc2)CCN(CC23CC(c4ccccc42)c2ccc(Cl)cc23)CC1. The molecular formula is C26H25ClN2O. The lowest BCUT2D eigenvalue weighted by molar-refractivity contribution is -0.0291. The Kier molecular flexibility index (Phi) is 4.11. The summed E-state index contributed by atoms with van der Waals surface area (Å²) in [4.78, 5) is 6.75. The molecule has 4 heteroatoms. The molecule has 1 N–H and O–H groups in total. The summed E-state index contributed by atoms with van der Waals surface area (Å²) in [7, 11) is 0. The predicted octanol–water partition coefficient (Wildman–Crippen LogP) is 4.85. The molecule has 1 fully saturated rings. The second-order valence-corrected chi connectivity index (χ2v) is 9.64. The molecule has 1 aromatic heterocycles. The fourth-order valence-electron chi connectivity index (χ4n) is 6.21. The minimum atomic E-state index is -0.768. The number of halogens is 1. The molecule has 3 nitrogen and oxygen atoms in total. The van der Waals surface area contributed by atoms with Crippen molar-refractivity contribution < 1.29 is 5.11 Å². The first-order valence-electron chi connectivity index (χ1n) is 10.8. The van der Waals surface area contributed by atoms with E-state index < -0.39 is 5.60 Å². The summed E-state index contributed by atoms with van der Waals surface area (Å²) < 4.78 is 0. The van der Waals surface area contributed by atoms with Crippen LogP contribution in [0.15, 0.2) is 67.0 Å². The van der Waals surface area contributed by atoms with Gasteiger partial charge in [-0.1, -0.05) is 48.0 Å². The molecule has 2 unspecified atom stereocenters. The average molecular weight is 417 g/mol. The summed E-state index contributed by atoms with van der Waals surface area (Å²) in [6, 6.07) is 19.3. The first-order valence-corrected chi connectivity index (χ1v) is 11.2. The van der Waals surface area contributed by atoms with E-state index in [9.17, 15) is 5.11 Å². The van der Waals surface area contributed by atoms with Crippen LogP contribution in [0.1, 0.15) is 53.0 Å². The fraction of sp³-hybridized carbons (Fsp3) is 0.346. The van der Waals surface area contributed by atoms with E-state index in [1.165, 1.54) is 22.3 Å². The van der Waals surface area contributed by atoms with E-state index in [0.29, 0.717) is 5.92 Å². The third-order valence-corrected chi connectivity index (χ3v) is 7.92. The van der Waals surface area contributed by atoms with Crippen LogP contribution < -0.4 is 0 Å².